The number of Topliss-reactive ketones (excluding diaryl/α,β-unsaturated/α-hetero) is 2. The molecule has 1 amide bonds. The predicted molar refractivity (Wildman–Crippen MR) is 125 cm³/mol. The number of esters is 1. The number of allylic oxidation sites excluding steroid dienone is 7. The van der Waals surface area contributed by atoms with Crippen LogP contribution >= 0.6 is 0 Å². The van der Waals surface area contributed by atoms with Gasteiger partial charge in [0, 0.05) is 28.7 Å². The highest BCUT2D eigenvalue weighted by molar-refractivity contribution is 6.26. The van der Waals surface area contributed by atoms with Crippen molar-refractivity contribution in [1.82, 2.24) is 5.32 Å². The minimum Gasteiger partial charge on any atom is -0.468 e. The van der Waals surface area contributed by atoms with Crippen LogP contribution in [0.25, 0.3) is 0 Å². The summed E-state index contributed by atoms with van der Waals surface area (Å²) in [5, 5.41) is 2.44. The summed E-state index contributed by atoms with van der Waals surface area (Å²) < 4.78 is 4.43. The number of carbonyl (C=O) groups excluding carboxylic acids is 4. The highest BCUT2D eigenvalue weighted by Gasteiger charge is 2.28. The minimum absolute atomic E-state index is 0.143. The van der Waals surface area contributed by atoms with Crippen molar-refractivity contribution in [3.05, 3.63) is 83.0 Å². The number of benzene rings is 1. The highest BCUT2D eigenvalue weighted by atomic mass is 16.5. The Hall–Kier alpha value is -3.54. The molecule has 0 radical (unpaired) electrons. The van der Waals surface area contributed by atoms with E-state index in [4.69, 9.17) is 0 Å². The first-order valence-corrected chi connectivity index (χ1v) is 10.4. The zero-order chi connectivity index (χ0) is 24.1. The number of fused-ring (bicyclic) bond motifs is 1. The van der Waals surface area contributed by atoms with Gasteiger partial charge in [0.15, 0.2) is 11.6 Å². The summed E-state index contributed by atoms with van der Waals surface area (Å²) in [5.74, 6) is -1.12. The van der Waals surface area contributed by atoms with Gasteiger partial charge in [-0.15, -0.1) is 0 Å². The van der Waals surface area contributed by atoms with Crippen molar-refractivity contribution < 1.29 is 23.9 Å². The first-order valence-electron chi connectivity index (χ1n) is 10.4. The van der Waals surface area contributed by atoms with Crippen LogP contribution in [0.4, 0.5) is 0 Å². The minimum atomic E-state index is -0.522. The molecule has 0 saturated heterocycles. The van der Waals surface area contributed by atoms with Crippen LogP contribution < -0.4 is 5.32 Å². The van der Waals surface area contributed by atoms with E-state index in [-0.39, 0.29) is 30.4 Å². The number of amides is 1. The van der Waals surface area contributed by atoms with E-state index in [9.17, 15) is 19.2 Å². The Kier molecular flexibility index (Phi) is 11.3. The number of hydrogen-bond donors (Lipinski definition) is 1. The molecule has 1 aromatic rings. The van der Waals surface area contributed by atoms with Crippen LogP contribution in [0.2, 0.25) is 0 Å². The van der Waals surface area contributed by atoms with E-state index >= 15 is 0 Å². The summed E-state index contributed by atoms with van der Waals surface area (Å²) in [6.45, 7) is 9.09. The van der Waals surface area contributed by atoms with Gasteiger partial charge in [-0.3, -0.25) is 19.2 Å². The normalized spacial score (nSPS) is 13.3. The summed E-state index contributed by atoms with van der Waals surface area (Å²) in [5.41, 5.74) is 3.01. The summed E-state index contributed by atoms with van der Waals surface area (Å²) in [7, 11) is 1.24. The Labute approximate surface area is 189 Å². The van der Waals surface area contributed by atoms with Crippen molar-refractivity contribution in [3.8, 4) is 0 Å². The van der Waals surface area contributed by atoms with Gasteiger partial charge in [0.1, 0.15) is 6.54 Å². The Morgan fingerprint density at radius 1 is 1.12 bits per heavy atom. The van der Waals surface area contributed by atoms with Crippen molar-refractivity contribution in [2.45, 2.75) is 40.0 Å². The van der Waals surface area contributed by atoms with Gasteiger partial charge in [0.05, 0.1) is 7.11 Å². The lowest BCUT2D eigenvalue weighted by atomic mass is 9.83. The molecule has 0 spiro atoms. The van der Waals surface area contributed by atoms with Crippen LogP contribution in [-0.2, 0) is 14.3 Å². The van der Waals surface area contributed by atoms with Crippen LogP contribution in [0.1, 0.15) is 60.7 Å². The van der Waals surface area contributed by atoms with Gasteiger partial charge in [0.2, 0.25) is 5.91 Å². The van der Waals surface area contributed by atoms with Gasteiger partial charge in [-0.2, -0.15) is 0 Å². The SMILES string of the molecule is C=C/C=C\C(C)=C/C.COC(=O)CNC(=O)CCCC1=C(C)C(=O)c2ccccc2C1=O. The van der Waals surface area contributed by atoms with Crippen LogP contribution in [0, 0.1) is 0 Å². The van der Waals surface area contributed by atoms with Crippen LogP contribution in [-0.4, -0.2) is 37.1 Å². The Balaban J connectivity index is 0.000000547. The molecule has 0 heterocycles. The molecule has 1 N–H and O–H groups in total. The van der Waals surface area contributed by atoms with Gasteiger partial charge < -0.3 is 10.1 Å². The van der Waals surface area contributed by atoms with Crippen LogP contribution in [0.5, 0.6) is 0 Å². The van der Waals surface area contributed by atoms with Gasteiger partial charge >= 0.3 is 5.97 Å². The van der Waals surface area contributed by atoms with E-state index in [1.807, 2.05) is 19.1 Å². The number of hydrogen-bond acceptors (Lipinski definition) is 5. The molecule has 0 fully saturated rings. The molecule has 0 unspecified atom stereocenters. The molecular formula is C26H31NO5. The molecule has 170 valence electrons. The van der Waals surface area contributed by atoms with Crippen LogP contribution in [0.15, 0.2) is 71.9 Å². The quantitative estimate of drug-likeness (QED) is 0.476. The molecule has 1 aromatic carbocycles. The standard InChI is InChI=1S/C18H19NO5.C8H12/c1-11-12(8-5-9-15(20)19-10-16(21)24-2)18(23)14-7-4-3-6-13(14)17(11)22;1-4-6-7-8(3)5-2/h3-4,6-7H,5,8-10H2,1-2H3,(H,19,20);4-7H,1H2,2-3H3/b;7-6-,8-5-. The van der Waals surface area contributed by atoms with Gasteiger partial charge in [0.25, 0.3) is 0 Å². The number of ketones is 2. The zero-order valence-electron chi connectivity index (χ0n) is 19.2. The first-order chi connectivity index (χ1) is 15.3. The summed E-state index contributed by atoms with van der Waals surface area (Å²) in [6, 6.07) is 6.75. The second-order valence-corrected chi connectivity index (χ2v) is 7.14. The number of carbonyl (C=O) groups is 4. The molecule has 0 bridgehead atoms. The predicted octanol–water partition coefficient (Wildman–Crippen LogP) is 4.54. The van der Waals surface area contributed by atoms with Crippen molar-refractivity contribution in [2.24, 2.45) is 0 Å². The Morgan fingerprint density at radius 3 is 2.31 bits per heavy atom. The largest absolute Gasteiger partial charge is 0.468 e. The van der Waals surface area contributed by atoms with Gasteiger partial charge in [-0.25, -0.2) is 0 Å². The fourth-order valence-corrected chi connectivity index (χ4v) is 2.93. The van der Waals surface area contributed by atoms with E-state index in [0.717, 1.165) is 0 Å². The van der Waals surface area contributed by atoms with Crippen molar-refractivity contribution in [1.29, 1.82) is 0 Å². The fraction of sp³-hybridized carbons (Fsp3) is 0.308. The molecule has 1 aliphatic carbocycles. The molecular weight excluding hydrogens is 406 g/mol. The molecule has 0 aromatic heterocycles. The topological polar surface area (TPSA) is 89.5 Å². The average molecular weight is 438 g/mol. The first kappa shape index (κ1) is 26.5. The summed E-state index contributed by atoms with van der Waals surface area (Å²) >= 11 is 0. The third-order valence-corrected chi connectivity index (χ3v) is 4.92. The lowest BCUT2D eigenvalue weighted by Crippen LogP contribution is -2.30. The van der Waals surface area contributed by atoms with E-state index in [1.54, 1.807) is 37.3 Å². The van der Waals surface area contributed by atoms with E-state index in [0.29, 0.717) is 35.1 Å². The van der Waals surface area contributed by atoms with Crippen molar-refractivity contribution in [3.63, 3.8) is 0 Å². The van der Waals surface area contributed by atoms with E-state index < -0.39 is 5.97 Å². The second kappa shape index (κ2) is 13.7. The maximum Gasteiger partial charge on any atom is 0.325 e. The maximum absolute atomic E-state index is 12.5. The van der Waals surface area contributed by atoms with Gasteiger partial charge in [-0.05, 0) is 33.6 Å². The molecule has 0 aliphatic heterocycles. The van der Waals surface area contributed by atoms with E-state index in [2.05, 4.69) is 29.6 Å². The zero-order valence-corrected chi connectivity index (χ0v) is 19.2. The summed E-state index contributed by atoms with van der Waals surface area (Å²) in [6.07, 6.45) is 8.70. The maximum atomic E-state index is 12.5. The number of rotatable bonds is 8. The van der Waals surface area contributed by atoms with Crippen molar-refractivity contribution >= 4 is 23.4 Å². The van der Waals surface area contributed by atoms with Gasteiger partial charge in [-0.1, -0.05) is 60.7 Å². The lowest BCUT2D eigenvalue weighted by Gasteiger charge is -2.18. The van der Waals surface area contributed by atoms with Crippen LogP contribution in [0.3, 0.4) is 0 Å². The third-order valence-electron chi connectivity index (χ3n) is 4.92. The third kappa shape index (κ3) is 7.95. The Bertz CT molecular complexity index is 966. The average Bonchev–Trinajstić information content (AvgIpc) is 2.81. The second-order valence-electron chi connectivity index (χ2n) is 7.14. The smallest absolute Gasteiger partial charge is 0.325 e. The fourth-order valence-electron chi connectivity index (χ4n) is 2.93. The van der Waals surface area contributed by atoms with E-state index in [1.165, 1.54) is 12.7 Å². The monoisotopic (exact) mass is 437 g/mol. The molecule has 32 heavy (non-hydrogen) atoms. The number of ether oxygens (including phenoxy) is 1. The number of nitrogens with one attached hydrogen (secondary N) is 1. The molecule has 6 heteroatoms. The van der Waals surface area contributed by atoms with Crippen molar-refractivity contribution in [2.75, 3.05) is 13.7 Å². The summed E-state index contributed by atoms with van der Waals surface area (Å²) in [4.78, 5) is 47.5. The molecule has 0 atom stereocenters. The molecule has 2 rings (SSSR count). The molecule has 1 aliphatic rings. The molecule has 0 saturated carbocycles. The highest BCUT2D eigenvalue weighted by Crippen LogP contribution is 2.28. The lowest BCUT2D eigenvalue weighted by molar-refractivity contribution is -0.141. The Morgan fingerprint density at radius 2 is 1.75 bits per heavy atom. The molecule has 6 nitrogen and oxygen atoms in total. The number of methoxy groups -OCH3 is 1.